The van der Waals surface area contributed by atoms with Crippen LogP contribution < -0.4 is 15.4 Å². The topological polar surface area (TPSA) is 104 Å². The third-order valence-corrected chi connectivity index (χ3v) is 4.97. The van der Waals surface area contributed by atoms with Crippen molar-refractivity contribution in [3.05, 3.63) is 120 Å². The van der Waals surface area contributed by atoms with Gasteiger partial charge in [-0.05, 0) is 42.0 Å². The lowest BCUT2D eigenvalue weighted by Crippen LogP contribution is -2.36. The summed E-state index contributed by atoms with van der Waals surface area (Å²) in [7, 11) is 0. The van der Waals surface area contributed by atoms with Crippen LogP contribution in [-0.4, -0.2) is 11.8 Å². The Balaban J connectivity index is 1.46. The zero-order valence-corrected chi connectivity index (χ0v) is 18.1. The fraction of sp³-hybridized carbons (Fsp3) is 0.0741. The fourth-order valence-electron chi connectivity index (χ4n) is 3.30. The Morgan fingerprint density at radius 2 is 1.56 bits per heavy atom. The van der Waals surface area contributed by atoms with Gasteiger partial charge < -0.3 is 19.8 Å². The van der Waals surface area contributed by atoms with Crippen LogP contribution in [0.25, 0.3) is 0 Å². The quantitative estimate of drug-likeness (QED) is 0.399. The second-order valence-corrected chi connectivity index (χ2v) is 7.34. The molecular weight excluding hydrogens is 430 g/mol. The van der Waals surface area contributed by atoms with Gasteiger partial charge in [0.05, 0.1) is 5.56 Å². The van der Waals surface area contributed by atoms with E-state index in [2.05, 4.69) is 16.7 Å². The SMILES string of the molecule is N#Cc1ccccc1OCc1ccc(C(=O)NC(C(=O)Nc2ccccc2)c2ccccc2)o1. The lowest BCUT2D eigenvalue weighted by molar-refractivity contribution is -0.118. The Morgan fingerprint density at radius 1 is 0.882 bits per heavy atom. The number of carbonyl (C=O) groups excluding carboxylic acids is 2. The summed E-state index contributed by atoms with van der Waals surface area (Å²) >= 11 is 0. The van der Waals surface area contributed by atoms with Gasteiger partial charge in [0, 0.05) is 5.69 Å². The van der Waals surface area contributed by atoms with E-state index in [4.69, 9.17) is 14.4 Å². The molecule has 2 amide bonds. The molecule has 1 heterocycles. The summed E-state index contributed by atoms with van der Waals surface area (Å²) in [4.78, 5) is 25.9. The molecule has 3 aromatic carbocycles. The molecule has 1 aromatic heterocycles. The molecule has 0 aliphatic rings. The number of nitriles is 1. The number of nitrogens with one attached hydrogen (secondary N) is 2. The largest absolute Gasteiger partial charge is 0.484 e. The Hall–Kier alpha value is -4.83. The number of ether oxygens (including phenoxy) is 1. The average Bonchev–Trinajstić information content (AvgIpc) is 3.36. The van der Waals surface area contributed by atoms with Crippen LogP contribution >= 0.6 is 0 Å². The molecule has 2 N–H and O–H groups in total. The van der Waals surface area contributed by atoms with Crippen LogP contribution in [0.4, 0.5) is 5.69 Å². The van der Waals surface area contributed by atoms with E-state index in [0.717, 1.165) is 0 Å². The number of carbonyl (C=O) groups is 2. The van der Waals surface area contributed by atoms with E-state index >= 15 is 0 Å². The Bertz CT molecular complexity index is 1310. The van der Waals surface area contributed by atoms with E-state index in [1.807, 2.05) is 24.3 Å². The fourth-order valence-corrected chi connectivity index (χ4v) is 3.30. The van der Waals surface area contributed by atoms with Gasteiger partial charge >= 0.3 is 0 Å². The molecule has 168 valence electrons. The van der Waals surface area contributed by atoms with Crippen molar-refractivity contribution >= 4 is 17.5 Å². The first-order valence-electron chi connectivity index (χ1n) is 10.6. The number of hydrogen-bond donors (Lipinski definition) is 2. The van der Waals surface area contributed by atoms with Crippen LogP contribution in [0.15, 0.2) is 101 Å². The zero-order chi connectivity index (χ0) is 23.8. The molecule has 0 spiro atoms. The minimum absolute atomic E-state index is 0.0422. The standard InChI is InChI=1S/C27H21N3O4/c28-17-20-11-7-8-14-23(20)33-18-22-15-16-24(34-22)26(31)30-25(19-9-3-1-4-10-19)27(32)29-21-12-5-2-6-13-21/h1-16,25H,18H2,(H,29,32)(H,30,31). The van der Waals surface area contributed by atoms with Gasteiger partial charge in [0.2, 0.25) is 0 Å². The van der Waals surface area contributed by atoms with Gasteiger partial charge in [-0.3, -0.25) is 9.59 Å². The van der Waals surface area contributed by atoms with Gasteiger partial charge in [0.25, 0.3) is 11.8 Å². The highest BCUT2D eigenvalue weighted by Crippen LogP contribution is 2.20. The number of hydrogen-bond acceptors (Lipinski definition) is 5. The molecule has 1 unspecified atom stereocenters. The van der Waals surface area contributed by atoms with E-state index in [9.17, 15) is 9.59 Å². The molecule has 34 heavy (non-hydrogen) atoms. The first-order valence-corrected chi connectivity index (χ1v) is 10.6. The van der Waals surface area contributed by atoms with Crippen molar-refractivity contribution in [2.24, 2.45) is 0 Å². The van der Waals surface area contributed by atoms with Crippen molar-refractivity contribution in [3.63, 3.8) is 0 Å². The van der Waals surface area contributed by atoms with Gasteiger partial charge in [0.15, 0.2) is 5.76 Å². The van der Waals surface area contributed by atoms with E-state index in [-0.39, 0.29) is 18.3 Å². The Morgan fingerprint density at radius 3 is 2.29 bits per heavy atom. The molecule has 0 aliphatic heterocycles. The first-order chi connectivity index (χ1) is 16.6. The number of benzene rings is 3. The van der Waals surface area contributed by atoms with Crippen LogP contribution in [0, 0.1) is 11.3 Å². The number of rotatable bonds is 8. The van der Waals surface area contributed by atoms with Crippen LogP contribution in [0.3, 0.4) is 0 Å². The average molecular weight is 451 g/mol. The predicted octanol–water partition coefficient (Wildman–Crippen LogP) is 4.84. The summed E-state index contributed by atoms with van der Waals surface area (Å²) < 4.78 is 11.3. The molecule has 4 rings (SSSR count). The summed E-state index contributed by atoms with van der Waals surface area (Å²) in [5, 5.41) is 14.7. The van der Waals surface area contributed by atoms with Gasteiger partial charge in [-0.15, -0.1) is 0 Å². The monoisotopic (exact) mass is 451 g/mol. The van der Waals surface area contributed by atoms with Crippen molar-refractivity contribution in [1.82, 2.24) is 5.32 Å². The summed E-state index contributed by atoms with van der Waals surface area (Å²) in [6, 6.07) is 29.1. The lowest BCUT2D eigenvalue weighted by Gasteiger charge is -2.18. The van der Waals surface area contributed by atoms with Crippen molar-refractivity contribution < 1.29 is 18.7 Å². The van der Waals surface area contributed by atoms with Gasteiger partial charge in [-0.1, -0.05) is 60.7 Å². The van der Waals surface area contributed by atoms with E-state index < -0.39 is 11.9 Å². The molecule has 7 nitrogen and oxygen atoms in total. The van der Waals surface area contributed by atoms with Gasteiger partial charge in [-0.25, -0.2) is 0 Å². The number of para-hydroxylation sites is 2. The first kappa shape index (κ1) is 22.4. The van der Waals surface area contributed by atoms with Crippen LogP contribution in [0.2, 0.25) is 0 Å². The molecule has 7 heteroatoms. The molecule has 0 bridgehead atoms. The molecule has 0 fully saturated rings. The Labute approximate surface area is 196 Å². The van der Waals surface area contributed by atoms with E-state index in [1.165, 1.54) is 6.07 Å². The number of nitrogens with zero attached hydrogens (tertiary/aromatic N) is 1. The molecule has 0 radical (unpaired) electrons. The molecule has 0 saturated carbocycles. The number of amides is 2. The zero-order valence-electron chi connectivity index (χ0n) is 18.1. The molecule has 0 saturated heterocycles. The highest BCUT2D eigenvalue weighted by molar-refractivity contribution is 6.00. The van der Waals surface area contributed by atoms with Crippen molar-refractivity contribution in [1.29, 1.82) is 5.26 Å². The highest BCUT2D eigenvalue weighted by atomic mass is 16.5. The maximum atomic E-state index is 13.0. The van der Waals surface area contributed by atoms with Gasteiger partial charge in [0.1, 0.15) is 30.2 Å². The second kappa shape index (κ2) is 10.7. The van der Waals surface area contributed by atoms with Crippen LogP contribution in [-0.2, 0) is 11.4 Å². The van der Waals surface area contributed by atoms with Crippen LogP contribution in [0.1, 0.15) is 33.5 Å². The lowest BCUT2D eigenvalue weighted by atomic mass is 10.1. The van der Waals surface area contributed by atoms with E-state index in [0.29, 0.717) is 28.3 Å². The Kier molecular flexibility index (Phi) is 7.01. The number of furan rings is 1. The summed E-state index contributed by atoms with van der Waals surface area (Å²) in [5.41, 5.74) is 1.66. The highest BCUT2D eigenvalue weighted by Gasteiger charge is 2.25. The summed E-state index contributed by atoms with van der Waals surface area (Å²) in [5.74, 6) is -0.0488. The molecule has 4 aromatic rings. The molecule has 0 aliphatic carbocycles. The third kappa shape index (κ3) is 5.50. The molecular formula is C27H21N3O4. The maximum Gasteiger partial charge on any atom is 0.287 e. The second-order valence-electron chi connectivity index (χ2n) is 7.34. The predicted molar refractivity (Wildman–Crippen MR) is 126 cm³/mol. The molecule has 1 atom stereocenters. The third-order valence-electron chi connectivity index (χ3n) is 4.97. The van der Waals surface area contributed by atoms with Crippen molar-refractivity contribution in [2.75, 3.05) is 5.32 Å². The number of anilines is 1. The van der Waals surface area contributed by atoms with E-state index in [1.54, 1.807) is 66.7 Å². The van der Waals surface area contributed by atoms with Crippen LogP contribution in [0.5, 0.6) is 5.75 Å². The van der Waals surface area contributed by atoms with Gasteiger partial charge in [-0.2, -0.15) is 5.26 Å². The summed E-state index contributed by atoms with van der Waals surface area (Å²) in [6.07, 6.45) is 0. The summed E-state index contributed by atoms with van der Waals surface area (Å²) in [6.45, 7) is 0.0442. The normalized spacial score (nSPS) is 11.1. The van der Waals surface area contributed by atoms with Crippen molar-refractivity contribution in [2.45, 2.75) is 12.6 Å². The van der Waals surface area contributed by atoms with Crippen molar-refractivity contribution in [3.8, 4) is 11.8 Å². The minimum atomic E-state index is -0.929. The minimum Gasteiger partial charge on any atom is -0.484 e. The maximum absolute atomic E-state index is 13.0. The smallest absolute Gasteiger partial charge is 0.287 e.